The lowest BCUT2D eigenvalue weighted by Crippen LogP contribution is -2.56. The molecule has 5 fully saturated rings. The van der Waals surface area contributed by atoms with E-state index in [1.807, 2.05) is 12.1 Å². The largest absolute Gasteiger partial charge is 0.385 e. The van der Waals surface area contributed by atoms with Crippen LogP contribution < -0.4 is 0 Å². The quantitative estimate of drug-likeness (QED) is 0.356. The lowest BCUT2D eigenvalue weighted by atomic mass is 9.44. The minimum Gasteiger partial charge on any atom is -0.385 e. The van der Waals surface area contributed by atoms with Crippen LogP contribution in [0.3, 0.4) is 0 Å². The number of hydrogen-bond donors (Lipinski definition) is 1. The second kappa shape index (κ2) is 11.0. The number of likely N-dealkylation sites (tertiary alicyclic amines) is 1. The molecule has 0 amide bonds. The van der Waals surface area contributed by atoms with E-state index in [9.17, 15) is 5.11 Å². The van der Waals surface area contributed by atoms with Crippen LogP contribution in [0.5, 0.6) is 0 Å². The Balaban J connectivity index is 1.04. The zero-order valence-corrected chi connectivity index (χ0v) is 24.6. The van der Waals surface area contributed by atoms with E-state index >= 15 is 0 Å². The molecule has 1 heterocycles. The maximum Gasteiger partial charge on any atom is 0.0952 e. The fraction of sp³-hybridized carbons (Fsp3) is 0.818. The Hall–Kier alpha value is -0.650. The molecule has 0 radical (unpaired) electrons. The molecule has 0 aromatic heterocycles. The van der Waals surface area contributed by atoms with Gasteiger partial charge < -0.3 is 19.5 Å². The molecule has 38 heavy (non-hydrogen) atoms. The highest BCUT2D eigenvalue weighted by Crippen LogP contribution is 2.70. The summed E-state index contributed by atoms with van der Waals surface area (Å²) in [5.41, 5.74) is 0.730. The summed E-state index contributed by atoms with van der Waals surface area (Å²) in [7, 11) is 0. The van der Waals surface area contributed by atoms with Gasteiger partial charge in [0.15, 0.2) is 0 Å². The van der Waals surface area contributed by atoms with Crippen molar-refractivity contribution < 1.29 is 14.6 Å². The van der Waals surface area contributed by atoms with Crippen LogP contribution >= 0.6 is 11.6 Å². The van der Waals surface area contributed by atoms with Crippen LogP contribution in [0.2, 0.25) is 5.02 Å². The molecule has 1 aliphatic heterocycles. The van der Waals surface area contributed by atoms with Crippen molar-refractivity contribution in [3.63, 3.8) is 0 Å². The molecule has 4 aliphatic carbocycles. The highest BCUT2D eigenvalue weighted by atomic mass is 35.5. The summed E-state index contributed by atoms with van der Waals surface area (Å²) in [5, 5.41) is 12.9. The molecule has 0 spiro atoms. The number of hydrogen-bond acceptors (Lipinski definition) is 4. The standard InChI is InChI=1S/C33H50ClNO3/c1-31-14-11-27(38-22-21-37-20-19-35-17-3-4-18-35)23-25(31)7-10-28-29(31)12-15-32(2)30(28)13-16-33(32,36)24-5-8-26(34)9-6-24/h5-6,8-9,25,27-30,36H,3-4,7,10-23H2,1-2H3/t25?,27-,28+,29-,30-,31-,32-,33+/m0/s1. The van der Waals surface area contributed by atoms with Crippen molar-refractivity contribution >= 4 is 11.6 Å². The normalized spacial score (nSPS) is 43.0. The minimum absolute atomic E-state index is 0.0414. The number of nitrogens with zero attached hydrogens (tertiary/aromatic N) is 1. The highest BCUT2D eigenvalue weighted by molar-refractivity contribution is 6.30. The summed E-state index contributed by atoms with van der Waals surface area (Å²) in [6, 6.07) is 8.04. The topological polar surface area (TPSA) is 41.9 Å². The van der Waals surface area contributed by atoms with Crippen LogP contribution in [0.4, 0.5) is 0 Å². The predicted molar refractivity (Wildman–Crippen MR) is 153 cm³/mol. The first-order valence-electron chi connectivity index (χ1n) is 15.7. The van der Waals surface area contributed by atoms with Gasteiger partial charge in [0.05, 0.1) is 31.5 Å². The van der Waals surface area contributed by atoms with Gasteiger partial charge in [-0.25, -0.2) is 0 Å². The zero-order valence-electron chi connectivity index (χ0n) is 23.8. The maximum atomic E-state index is 12.1. The number of aliphatic hydroxyl groups is 1. The van der Waals surface area contributed by atoms with E-state index in [1.165, 1.54) is 64.5 Å². The Morgan fingerprint density at radius 2 is 1.66 bits per heavy atom. The molecule has 4 nitrogen and oxygen atoms in total. The third-order valence-corrected chi connectivity index (χ3v) is 12.7. The molecular formula is C33H50ClNO3. The van der Waals surface area contributed by atoms with Crippen molar-refractivity contribution in [2.75, 3.05) is 39.5 Å². The van der Waals surface area contributed by atoms with Crippen LogP contribution in [0.1, 0.15) is 90.0 Å². The van der Waals surface area contributed by atoms with Gasteiger partial charge >= 0.3 is 0 Å². The van der Waals surface area contributed by atoms with Gasteiger partial charge in [0.1, 0.15) is 0 Å². The summed E-state index contributed by atoms with van der Waals surface area (Å²) >= 11 is 6.19. The Kier molecular flexibility index (Phi) is 7.94. The van der Waals surface area contributed by atoms with Gasteiger partial charge in [0.25, 0.3) is 0 Å². The second-order valence-corrected chi connectivity index (χ2v) is 14.4. The van der Waals surface area contributed by atoms with Crippen molar-refractivity contribution in [2.24, 2.45) is 34.5 Å². The maximum absolute atomic E-state index is 12.1. The molecule has 1 aromatic rings. The molecule has 1 saturated heterocycles. The average molecular weight is 544 g/mol. The molecule has 5 aliphatic rings. The molecule has 212 valence electrons. The van der Waals surface area contributed by atoms with Gasteiger partial charge in [-0.15, -0.1) is 0 Å². The van der Waals surface area contributed by atoms with E-state index in [1.54, 1.807) is 0 Å². The molecule has 5 heteroatoms. The Labute approximate surface area is 235 Å². The summed E-state index contributed by atoms with van der Waals surface area (Å²) < 4.78 is 12.3. The van der Waals surface area contributed by atoms with E-state index in [-0.39, 0.29) is 5.41 Å². The Bertz CT molecular complexity index is 950. The molecule has 0 bridgehead atoms. The van der Waals surface area contributed by atoms with E-state index < -0.39 is 5.60 Å². The van der Waals surface area contributed by atoms with E-state index in [4.69, 9.17) is 21.1 Å². The lowest BCUT2D eigenvalue weighted by Gasteiger charge is -2.61. The summed E-state index contributed by atoms with van der Waals surface area (Å²) in [6.45, 7) is 10.9. The van der Waals surface area contributed by atoms with Crippen LogP contribution in [0.25, 0.3) is 0 Å². The van der Waals surface area contributed by atoms with E-state index in [2.05, 4.69) is 30.9 Å². The van der Waals surface area contributed by atoms with Crippen LogP contribution in [0, 0.1) is 34.5 Å². The first kappa shape index (κ1) is 27.5. The third-order valence-electron chi connectivity index (χ3n) is 12.4. The Morgan fingerprint density at radius 3 is 2.45 bits per heavy atom. The molecule has 4 saturated carbocycles. The average Bonchev–Trinajstić information content (AvgIpc) is 3.53. The number of benzene rings is 1. The predicted octanol–water partition coefficient (Wildman–Crippen LogP) is 7.07. The fourth-order valence-electron chi connectivity index (χ4n) is 10.2. The van der Waals surface area contributed by atoms with Crippen molar-refractivity contribution in [1.29, 1.82) is 0 Å². The number of rotatable bonds is 8. The molecule has 1 N–H and O–H groups in total. The number of fused-ring (bicyclic) bond motifs is 5. The highest BCUT2D eigenvalue weighted by Gasteiger charge is 2.65. The van der Waals surface area contributed by atoms with Crippen molar-refractivity contribution in [3.05, 3.63) is 34.9 Å². The van der Waals surface area contributed by atoms with Crippen LogP contribution in [0.15, 0.2) is 24.3 Å². The first-order chi connectivity index (χ1) is 18.3. The Morgan fingerprint density at radius 1 is 0.895 bits per heavy atom. The smallest absolute Gasteiger partial charge is 0.0952 e. The van der Waals surface area contributed by atoms with Gasteiger partial charge in [0, 0.05) is 17.0 Å². The van der Waals surface area contributed by atoms with Crippen molar-refractivity contribution in [1.82, 2.24) is 4.90 Å². The first-order valence-corrected chi connectivity index (χ1v) is 16.1. The lowest BCUT2D eigenvalue weighted by molar-refractivity contribution is -0.165. The van der Waals surface area contributed by atoms with Gasteiger partial charge in [-0.3, -0.25) is 0 Å². The summed E-state index contributed by atoms with van der Waals surface area (Å²) in [4.78, 5) is 2.51. The monoisotopic (exact) mass is 543 g/mol. The molecule has 1 aromatic carbocycles. The van der Waals surface area contributed by atoms with E-state index in [0.29, 0.717) is 17.4 Å². The second-order valence-electron chi connectivity index (χ2n) is 13.9. The number of halogens is 1. The fourth-order valence-corrected chi connectivity index (χ4v) is 10.3. The molecule has 1 unspecified atom stereocenters. The van der Waals surface area contributed by atoms with Gasteiger partial charge in [-0.2, -0.15) is 0 Å². The van der Waals surface area contributed by atoms with Crippen LogP contribution in [-0.4, -0.2) is 55.6 Å². The van der Waals surface area contributed by atoms with Gasteiger partial charge in [-0.05, 0) is 131 Å². The van der Waals surface area contributed by atoms with Gasteiger partial charge in [-0.1, -0.05) is 37.6 Å². The minimum atomic E-state index is -0.729. The molecule has 8 atom stereocenters. The van der Waals surface area contributed by atoms with Crippen molar-refractivity contribution in [3.8, 4) is 0 Å². The molecular weight excluding hydrogens is 494 g/mol. The van der Waals surface area contributed by atoms with Gasteiger partial charge in [0.2, 0.25) is 0 Å². The van der Waals surface area contributed by atoms with Crippen LogP contribution in [-0.2, 0) is 15.1 Å². The summed E-state index contributed by atoms with van der Waals surface area (Å²) in [6.07, 6.45) is 13.9. The SMILES string of the molecule is C[C@]12CC[C@H](OCCOCCN3CCCC3)CC1CC[C@@H]1[C@@H]2CC[C@@]2(C)[C@H]1CC[C@@]2(O)c1ccc(Cl)cc1. The molecule has 6 rings (SSSR count). The third kappa shape index (κ3) is 4.79. The summed E-state index contributed by atoms with van der Waals surface area (Å²) in [5.74, 6) is 2.94. The zero-order chi connectivity index (χ0) is 26.4. The number of ether oxygens (including phenoxy) is 2. The van der Waals surface area contributed by atoms with Crippen molar-refractivity contribution in [2.45, 2.75) is 96.2 Å². The van der Waals surface area contributed by atoms with E-state index in [0.717, 1.165) is 74.0 Å².